The molecule has 12 rings (SSSR count). The topological polar surface area (TPSA) is 449 Å². The number of hydrogen-bond donors (Lipinski definition) is 11. The van der Waals surface area contributed by atoms with Gasteiger partial charge in [0.1, 0.15) is 96.1 Å². The van der Waals surface area contributed by atoms with Gasteiger partial charge in [0.05, 0.1) is 67.8 Å². The molecule has 4 aromatic carbocycles. The summed E-state index contributed by atoms with van der Waals surface area (Å²) in [4.78, 5) is 56.8. The number of carboxylic acid groups (broad SMARTS) is 1. The van der Waals surface area contributed by atoms with Gasteiger partial charge >= 0.3 is 11.9 Å². The number of ether oxygens (including phenoxy) is 8. The molecule has 11 N–H and O–H groups in total. The number of carboxylic acids is 1. The number of ketones is 1. The number of aliphatic carboxylic acids is 1. The van der Waals surface area contributed by atoms with E-state index in [-0.39, 0.29) is 91.6 Å². The maximum Gasteiger partial charge on any atom is 0.338 e. The van der Waals surface area contributed by atoms with E-state index in [0.717, 1.165) is 15.4 Å². The third kappa shape index (κ3) is 17.5. The van der Waals surface area contributed by atoms with Gasteiger partial charge in [-0.2, -0.15) is 0 Å². The fourth-order valence-corrected chi connectivity index (χ4v) is 14.6. The number of rotatable bonds is 27. The van der Waals surface area contributed by atoms with Crippen LogP contribution in [0.5, 0.6) is 0 Å². The number of hydrogen-bond acceptors (Lipinski definition) is 27. The van der Waals surface area contributed by atoms with Crippen LogP contribution in [0.15, 0.2) is 104 Å². The Labute approximate surface area is 617 Å². The zero-order valence-corrected chi connectivity index (χ0v) is 58.7. The average molecular weight is 1540 g/mol. The molecule has 0 bridgehead atoms. The number of aliphatic hydroxyl groups is 9. The number of nitrogens with zero attached hydrogens (tertiary/aromatic N) is 9. The van der Waals surface area contributed by atoms with E-state index in [0.29, 0.717) is 23.4 Å². The number of esters is 1. The van der Waals surface area contributed by atoms with Crippen LogP contribution < -0.4 is 5.32 Å². The van der Waals surface area contributed by atoms with Crippen LogP contribution >= 0.6 is 0 Å². The number of aliphatic hydroxyl groups excluding tert-OH is 9. The minimum Gasteiger partial charge on any atom is -0.479 e. The Morgan fingerprint density at radius 1 is 0.578 bits per heavy atom. The van der Waals surface area contributed by atoms with Crippen molar-refractivity contribution in [1.82, 2.24) is 50.3 Å². The summed E-state index contributed by atoms with van der Waals surface area (Å²) in [5.74, 6) is -13.0. The lowest BCUT2D eigenvalue weighted by Gasteiger charge is -2.48. The van der Waals surface area contributed by atoms with Crippen LogP contribution in [0.4, 0.5) is 22.0 Å². The first-order valence-corrected chi connectivity index (χ1v) is 35.5. The van der Waals surface area contributed by atoms with Crippen molar-refractivity contribution >= 4 is 23.6 Å². The minimum atomic E-state index is -1.93. The molecule has 6 heterocycles. The molecule has 3 aromatic heterocycles. The first-order valence-electron chi connectivity index (χ1n) is 35.5. The smallest absolute Gasteiger partial charge is 0.338 e. The molecular formula is C72H83F5N10O22. The van der Waals surface area contributed by atoms with Crippen molar-refractivity contribution in [1.29, 1.82) is 0 Å². The standard InChI is InChI=1S/C72H83F5N10O22/c1-4-12-49(68(99)100)103-65-60(94)53(31-89)107-72(66(65)108-69(101)35-15-9-6-10-16-35)105-51-25-38(23-47(86-27-43(79-83-86)34-13-7-5-8-14-34)64(51)109-71-63(97)62(96)57(91)33(3)102-71)48(90)17-11-18-78-67(98)39-24-46(85-28-44(80-82-85)37-21-41(74)55(77)42(75)22-37)58(92)50(26-39)104-70-61(95)56(59(93)52(30-88)106-70)87-29-45(81-84-87)36-19-32(2)54(76)40(73)20-36/h5-10,13-16,19-22,27-29,33,38-39,46-47,49-53,56-66,70-72,88-89,91-97H,4,11-12,17-18,23-26,30-31H2,1-3H3,(H,78,98)(H,99,100)/t33?,38?,39-,46?,47+,49-,50+,51+,52?,53-,56+,57+,58?,59-,60-,61?,62-,63?,64?,65?,66?,70+,71-,72+/m0/s1. The second-order valence-corrected chi connectivity index (χ2v) is 27.8. The third-order valence-electron chi connectivity index (χ3n) is 20.5. The van der Waals surface area contributed by atoms with Gasteiger partial charge in [-0.15, -0.1) is 15.3 Å². The van der Waals surface area contributed by atoms with Gasteiger partial charge < -0.3 is 94.3 Å². The summed E-state index contributed by atoms with van der Waals surface area (Å²) >= 11 is 0. The predicted octanol–water partition coefficient (Wildman–Crippen LogP) is 2.50. The van der Waals surface area contributed by atoms with Crippen LogP contribution in [0, 0.1) is 47.8 Å². The van der Waals surface area contributed by atoms with Crippen molar-refractivity contribution in [2.45, 2.75) is 207 Å². The number of aromatic nitrogens is 9. The second kappa shape index (κ2) is 34.8. The number of nitrogens with one attached hydrogen (secondary N) is 1. The number of amides is 1. The molecular weight excluding hydrogens is 1450 g/mol. The highest BCUT2D eigenvalue weighted by Crippen LogP contribution is 2.44. The first kappa shape index (κ1) is 79.9. The Balaban J connectivity index is 0.824. The number of Topliss-reactive ketones (excluding diaryl/α,β-unsaturated/α-hetero) is 1. The SMILES string of the molecule is CCC[C@H](OC1C(OC(=O)c2ccccc2)[C@H](O[C@@H]2CC(C(=O)CCCNC(=O)[C@H]3CC(n4cc(-c5cc(F)c(F)c(F)c5)nn4)C(O)[C@H](O[C@@H]4OC(CO)[C@H](O)[C@@H](n5cc(-c6cc(C)c(F)c(F)c6)nn5)C4O)C3)C[C@@H](n3cc(-c4ccccc4)nn3)C2O[C@@H]2OC(C)[C@@H](O)[C@H](O)C2O)O[C@@H](CO)[C@@H]1O)C(=O)O. The maximum absolute atomic E-state index is 15.2. The molecule has 1 amide bonds. The summed E-state index contributed by atoms with van der Waals surface area (Å²) in [6, 6.07) is 15.8. The Morgan fingerprint density at radius 2 is 1.13 bits per heavy atom. The Bertz CT molecular complexity index is 4240. The summed E-state index contributed by atoms with van der Waals surface area (Å²) in [6.07, 6.45) is -29.4. The van der Waals surface area contributed by atoms with Gasteiger partial charge in [-0.3, -0.25) is 9.59 Å². The van der Waals surface area contributed by atoms with E-state index >= 15 is 4.79 Å². The number of carbonyl (C=O) groups is 4. The van der Waals surface area contributed by atoms with Crippen LogP contribution in [-0.2, 0) is 52.3 Å². The lowest BCUT2D eigenvalue weighted by atomic mass is 9.78. The van der Waals surface area contributed by atoms with Gasteiger partial charge in [0.15, 0.2) is 60.2 Å². The first-order chi connectivity index (χ1) is 52.2. The summed E-state index contributed by atoms with van der Waals surface area (Å²) < 4.78 is 126. The van der Waals surface area contributed by atoms with E-state index in [1.807, 2.05) is 0 Å². The summed E-state index contributed by atoms with van der Waals surface area (Å²) in [6.45, 7) is 2.41. The van der Waals surface area contributed by atoms with E-state index in [9.17, 15) is 87.4 Å². The fourth-order valence-electron chi connectivity index (χ4n) is 14.6. The van der Waals surface area contributed by atoms with Gasteiger partial charge in [0.2, 0.25) is 5.91 Å². The Hall–Kier alpha value is -8.61. The highest BCUT2D eigenvalue weighted by molar-refractivity contribution is 5.89. The van der Waals surface area contributed by atoms with Gasteiger partial charge in [-0.05, 0) is 94.3 Å². The lowest BCUT2D eigenvalue weighted by Crippen LogP contribution is -2.64. The van der Waals surface area contributed by atoms with E-state index in [1.165, 1.54) is 61.3 Å². The highest BCUT2D eigenvalue weighted by atomic mass is 19.2. The van der Waals surface area contributed by atoms with Crippen molar-refractivity contribution in [3.63, 3.8) is 0 Å². The zero-order valence-electron chi connectivity index (χ0n) is 58.7. The largest absolute Gasteiger partial charge is 0.479 e. The van der Waals surface area contributed by atoms with Crippen molar-refractivity contribution in [3.8, 4) is 33.8 Å². The van der Waals surface area contributed by atoms with Gasteiger partial charge in [0.25, 0.3) is 0 Å². The molecule has 7 aromatic rings. The number of halogens is 5. The lowest BCUT2D eigenvalue weighted by molar-refractivity contribution is -0.348. The van der Waals surface area contributed by atoms with Crippen molar-refractivity contribution < 1.29 is 130 Å². The number of aryl methyl sites for hydroxylation is 1. The molecule has 2 aliphatic carbocycles. The van der Waals surface area contributed by atoms with Crippen molar-refractivity contribution in [3.05, 3.63) is 144 Å². The fraction of sp³-hybridized carbons (Fsp3) is 0.528. The van der Waals surface area contributed by atoms with Crippen molar-refractivity contribution in [2.24, 2.45) is 11.8 Å². The molecule has 5 aliphatic rings. The monoisotopic (exact) mass is 1530 g/mol. The third-order valence-corrected chi connectivity index (χ3v) is 20.5. The Morgan fingerprint density at radius 3 is 1.76 bits per heavy atom. The van der Waals surface area contributed by atoms with Gasteiger partial charge in [-0.1, -0.05) is 77.5 Å². The average Bonchev–Trinajstić information content (AvgIpc) is 1.35. The zero-order chi connectivity index (χ0) is 77.8. The van der Waals surface area contributed by atoms with E-state index in [2.05, 4.69) is 36.3 Å². The van der Waals surface area contributed by atoms with Crippen LogP contribution in [0.2, 0.25) is 0 Å². The van der Waals surface area contributed by atoms with Gasteiger partial charge in [0, 0.05) is 41.5 Å². The van der Waals surface area contributed by atoms with E-state index in [1.54, 1.807) is 49.5 Å². The Kier molecular flexibility index (Phi) is 25.5. The number of carbonyl (C=O) groups excluding carboxylic acids is 3. The van der Waals surface area contributed by atoms with E-state index < -0.39 is 212 Å². The molecule has 0 radical (unpaired) electrons. The molecule has 2 saturated carbocycles. The second-order valence-electron chi connectivity index (χ2n) is 27.8. The molecule has 5 fully saturated rings. The molecule has 32 nitrogen and oxygen atoms in total. The quantitative estimate of drug-likeness (QED) is 0.0152. The van der Waals surface area contributed by atoms with Crippen LogP contribution in [0.1, 0.15) is 99.3 Å². The van der Waals surface area contributed by atoms with E-state index in [4.69, 9.17) is 37.9 Å². The summed E-state index contributed by atoms with van der Waals surface area (Å²) in [7, 11) is 0. The summed E-state index contributed by atoms with van der Waals surface area (Å²) in [5, 5.41) is 141. The molecule has 0 spiro atoms. The van der Waals surface area contributed by atoms with Crippen LogP contribution in [0.25, 0.3) is 33.8 Å². The number of benzene rings is 4. The molecule has 588 valence electrons. The van der Waals surface area contributed by atoms with Gasteiger partial charge in [-0.25, -0.2) is 45.6 Å². The van der Waals surface area contributed by atoms with Crippen LogP contribution in [0.3, 0.4) is 0 Å². The molecule has 109 heavy (non-hydrogen) atoms. The molecule has 3 saturated heterocycles. The highest BCUT2D eigenvalue weighted by Gasteiger charge is 2.56. The minimum absolute atomic E-state index is 0.00630. The maximum atomic E-state index is 15.2. The molecule has 3 aliphatic heterocycles. The van der Waals surface area contributed by atoms with Crippen molar-refractivity contribution in [2.75, 3.05) is 19.8 Å². The predicted molar refractivity (Wildman–Crippen MR) is 360 cm³/mol. The molecule has 24 atom stereocenters. The summed E-state index contributed by atoms with van der Waals surface area (Å²) in [5.41, 5.74) is 0.482. The molecule has 10 unspecified atom stereocenters. The molecule has 37 heteroatoms. The van der Waals surface area contributed by atoms with Crippen LogP contribution in [-0.4, -0.2) is 256 Å². The normalized spacial score (nSPS) is 31.7.